The predicted octanol–water partition coefficient (Wildman–Crippen LogP) is 1.24. The van der Waals surface area contributed by atoms with Gasteiger partial charge < -0.3 is 10.6 Å². The van der Waals surface area contributed by atoms with E-state index in [2.05, 4.69) is 25.8 Å². The molecule has 3 unspecified atom stereocenters. The predicted molar refractivity (Wildman–Crippen MR) is 76.6 cm³/mol. The van der Waals surface area contributed by atoms with E-state index >= 15 is 0 Å². The van der Waals surface area contributed by atoms with Crippen molar-refractivity contribution in [2.45, 2.75) is 32.0 Å². The fourth-order valence-corrected chi connectivity index (χ4v) is 2.58. The Morgan fingerprint density at radius 1 is 1.21 bits per heavy atom. The third kappa shape index (κ3) is 2.96. The molecular weight excluding hydrogens is 238 g/mol. The third-order valence-corrected chi connectivity index (χ3v) is 4.10. The van der Waals surface area contributed by atoms with Crippen LogP contribution in [-0.2, 0) is 4.79 Å². The highest BCUT2D eigenvalue weighted by Crippen LogP contribution is 2.18. The molecule has 0 aliphatic carbocycles. The van der Waals surface area contributed by atoms with E-state index in [1.807, 2.05) is 35.2 Å². The Hall–Kier alpha value is -1.39. The highest BCUT2D eigenvalue weighted by molar-refractivity contribution is 5.83. The molecule has 4 heteroatoms. The van der Waals surface area contributed by atoms with E-state index in [1.54, 1.807) is 0 Å². The normalized spacial score (nSPS) is 26.2. The average Bonchev–Trinajstić information content (AvgIpc) is 2.43. The van der Waals surface area contributed by atoms with Crippen LogP contribution in [0.15, 0.2) is 30.3 Å². The van der Waals surface area contributed by atoms with E-state index in [9.17, 15) is 4.79 Å². The number of benzene rings is 1. The first-order chi connectivity index (χ1) is 9.00. The number of amides is 1. The summed E-state index contributed by atoms with van der Waals surface area (Å²) in [6.07, 6.45) is 0. The van der Waals surface area contributed by atoms with Crippen molar-refractivity contribution in [3.05, 3.63) is 35.9 Å². The van der Waals surface area contributed by atoms with Crippen LogP contribution in [0.4, 0.5) is 0 Å². The summed E-state index contributed by atoms with van der Waals surface area (Å²) in [4.78, 5) is 16.7. The van der Waals surface area contributed by atoms with Gasteiger partial charge in [-0.25, -0.2) is 0 Å². The summed E-state index contributed by atoms with van der Waals surface area (Å²) >= 11 is 0. The molecule has 0 spiro atoms. The van der Waals surface area contributed by atoms with Gasteiger partial charge in [0.2, 0.25) is 5.91 Å². The van der Waals surface area contributed by atoms with Crippen molar-refractivity contribution in [1.82, 2.24) is 9.80 Å². The van der Waals surface area contributed by atoms with Crippen molar-refractivity contribution in [3.63, 3.8) is 0 Å². The van der Waals surface area contributed by atoms with E-state index < -0.39 is 6.04 Å². The first kappa shape index (κ1) is 14.0. The molecule has 2 N–H and O–H groups in total. The van der Waals surface area contributed by atoms with Crippen molar-refractivity contribution >= 4 is 5.91 Å². The van der Waals surface area contributed by atoms with Crippen LogP contribution in [-0.4, -0.2) is 47.9 Å². The molecule has 104 valence electrons. The Bertz CT molecular complexity index is 422. The molecule has 2 rings (SSSR count). The van der Waals surface area contributed by atoms with Crippen molar-refractivity contribution in [1.29, 1.82) is 0 Å². The molecule has 1 saturated heterocycles. The summed E-state index contributed by atoms with van der Waals surface area (Å²) < 4.78 is 0. The van der Waals surface area contributed by atoms with Crippen LogP contribution in [0.1, 0.15) is 25.5 Å². The summed E-state index contributed by atoms with van der Waals surface area (Å²) in [6.45, 7) is 5.79. The lowest BCUT2D eigenvalue weighted by Gasteiger charge is -2.43. The number of carbonyl (C=O) groups is 1. The van der Waals surface area contributed by atoms with Gasteiger partial charge in [0.25, 0.3) is 0 Å². The van der Waals surface area contributed by atoms with E-state index in [1.165, 1.54) is 0 Å². The Morgan fingerprint density at radius 2 is 1.74 bits per heavy atom. The monoisotopic (exact) mass is 261 g/mol. The fourth-order valence-electron chi connectivity index (χ4n) is 2.58. The highest BCUT2D eigenvalue weighted by atomic mass is 16.2. The summed E-state index contributed by atoms with van der Waals surface area (Å²) in [6, 6.07) is 9.77. The van der Waals surface area contributed by atoms with Gasteiger partial charge in [0, 0.05) is 25.2 Å². The van der Waals surface area contributed by atoms with Gasteiger partial charge in [0.1, 0.15) is 6.04 Å². The zero-order chi connectivity index (χ0) is 14.0. The minimum atomic E-state index is -0.552. The molecule has 1 amide bonds. The SMILES string of the molecule is CC1CN(C(=O)C(N)c2ccccc2)CC(C)N1C. The molecule has 1 aromatic rings. The van der Waals surface area contributed by atoms with Crippen LogP contribution in [0.2, 0.25) is 0 Å². The summed E-state index contributed by atoms with van der Waals surface area (Å²) in [5.74, 6) is 0.0259. The lowest BCUT2D eigenvalue weighted by molar-refractivity contribution is -0.136. The maximum absolute atomic E-state index is 12.5. The van der Waals surface area contributed by atoms with Gasteiger partial charge in [0.15, 0.2) is 0 Å². The number of carbonyl (C=O) groups excluding carboxylic acids is 1. The van der Waals surface area contributed by atoms with Crippen LogP contribution >= 0.6 is 0 Å². The van der Waals surface area contributed by atoms with Crippen molar-refractivity contribution in [3.8, 4) is 0 Å². The lowest BCUT2D eigenvalue weighted by Crippen LogP contribution is -2.57. The number of piperazine rings is 1. The van der Waals surface area contributed by atoms with Crippen molar-refractivity contribution in [2.75, 3.05) is 20.1 Å². The Kier molecular flexibility index (Phi) is 4.22. The second kappa shape index (κ2) is 5.72. The zero-order valence-corrected chi connectivity index (χ0v) is 11.9. The van der Waals surface area contributed by atoms with Gasteiger partial charge in [0.05, 0.1) is 0 Å². The molecular formula is C15H23N3O. The second-order valence-corrected chi connectivity index (χ2v) is 5.50. The molecule has 1 aliphatic rings. The quantitative estimate of drug-likeness (QED) is 0.871. The first-order valence-corrected chi connectivity index (χ1v) is 6.82. The minimum Gasteiger partial charge on any atom is -0.338 e. The maximum Gasteiger partial charge on any atom is 0.244 e. The highest BCUT2D eigenvalue weighted by Gasteiger charge is 2.31. The van der Waals surface area contributed by atoms with E-state index in [0.717, 1.165) is 18.7 Å². The summed E-state index contributed by atoms with van der Waals surface area (Å²) in [5.41, 5.74) is 6.97. The Morgan fingerprint density at radius 3 is 2.26 bits per heavy atom. The molecule has 19 heavy (non-hydrogen) atoms. The van der Waals surface area contributed by atoms with Gasteiger partial charge in [-0.3, -0.25) is 9.69 Å². The van der Waals surface area contributed by atoms with E-state index in [0.29, 0.717) is 12.1 Å². The molecule has 1 fully saturated rings. The molecule has 0 radical (unpaired) electrons. The largest absolute Gasteiger partial charge is 0.338 e. The second-order valence-electron chi connectivity index (χ2n) is 5.50. The third-order valence-electron chi connectivity index (χ3n) is 4.10. The van der Waals surface area contributed by atoms with Crippen molar-refractivity contribution < 1.29 is 4.79 Å². The lowest BCUT2D eigenvalue weighted by atomic mass is 10.0. The molecule has 3 atom stereocenters. The molecule has 0 saturated carbocycles. The standard InChI is InChI=1S/C15H23N3O/c1-11-9-18(10-12(2)17(11)3)15(19)14(16)13-7-5-4-6-8-13/h4-8,11-12,14H,9-10,16H2,1-3H3. The van der Waals surface area contributed by atoms with Gasteiger partial charge in [-0.2, -0.15) is 0 Å². The van der Waals surface area contributed by atoms with Gasteiger partial charge in [-0.1, -0.05) is 30.3 Å². The van der Waals surface area contributed by atoms with Gasteiger partial charge >= 0.3 is 0 Å². The topological polar surface area (TPSA) is 49.6 Å². The fraction of sp³-hybridized carbons (Fsp3) is 0.533. The van der Waals surface area contributed by atoms with Crippen LogP contribution in [0.3, 0.4) is 0 Å². The van der Waals surface area contributed by atoms with Crippen LogP contribution in [0.25, 0.3) is 0 Å². The maximum atomic E-state index is 12.5. The van der Waals surface area contributed by atoms with Crippen LogP contribution < -0.4 is 5.73 Å². The Balaban J connectivity index is 2.08. The molecule has 0 bridgehead atoms. The molecule has 1 aliphatic heterocycles. The summed E-state index contributed by atoms with van der Waals surface area (Å²) in [5, 5.41) is 0. The van der Waals surface area contributed by atoms with Crippen molar-refractivity contribution in [2.24, 2.45) is 5.73 Å². The molecule has 4 nitrogen and oxygen atoms in total. The average molecular weight is 261 g/mol. The number of nitrogens with two attached hydrogens (primary N) is 1. The van der Waals surface area contributed by atoms with Crippen LogP contribution in [0.5, 0.6) is 0 Å². The molecule has 0 aromatic heterocycles. The Labute approximate surface area is 115 Å². The number of hydrogen-bond donors (Lipinski definition) is 1. The number of nitrogens with zero attached hydrogens (tertiary/aromatic N) is 2. The molecule has 1 heterocycles. The number of hydrogen-bond acceptors (Lipinski definition) is 3. The summed E-state index contributed by atoms with van der Waals surface area (Å²) in [7, 11) is 2.11. The van der Waals surface area contributed by atoms with E-state index in [-0.39, 0.29) is 5.91 Å². The van der Waals surface area contributed by atoms with Gasteiger partial charge in [-0.05, 0) is 26.5 Å². The number of rotatable bonds is 2. The molecule has 1 aromatic carbocycles. The number of likely N-dealkylation sites (N-methyl/N-ethyl adjacent to an activating group) is 1. The van der Waals surface area contributed by atoms with Gasteiger partial charge in [-0.15, -0.1) is 0 Å². The smallest absolute Gasteiger partial charge is 0.244 e. The minimum absolute atomic E-state index is 0.0259. The van der Waals surface area contributed by atoms with E-state index in [4.69, 9.17) is 5.73 Å². The van der Waals surface area contributed by atoms with Crippen LogP contribution in [0, 0.1) is 0 Å². The first-order valence-electron chi connectivity index (χ1n) is 6.82. The zero-order valence-electron chi connectivity index (χ0n) is 11.9.